The van der Waals surface area contributed by atoms with Crippen molar-refractivity contribution in [3.05, 3.63) is 18.2 Å². The largest absolute Gasteiger partial charge is 0.494 e. The number of H-pyrrole nitrogens is 1. The van der Waals surface area contributed by atoms with Crippen molar-refractivity contribution >= 4 is 22.8 Å². The Labute approximate surface area is 129 Å². The first-order valence-corrected chi connectivity index (χ1v) is 8.52. The summed E-state index contributed by atoms with van der Waals surface area (Å²) in [6, 6.07) is 6.01. The second kappa shape index (κ2) is 7.15. The van der Waals surface area contributed by atoms with Crippen molar-refractivity contribution in [1.29, 1.82) is 0 Å². The summed E-state index contributed by atoms with van der Waals surface area (Å²) in [6.45, 7) is 8.32. The van der Waals surface area contributed by atoms with Gasteiger partial charge in [0.2, 0.25) is 0 Å². The van der Waals surface area contributed by atoms with Gasteiger partial charge in [-0.25, -0.2) is 4.98 Å². The SMILES string of the molecule is CCOc1ccc2nc(SCCN3CCNCC3)[nH]c2c1. The second-order valence-electron chi connectivity index (χ2n) is 5.09. The van der Waals surface area contributed by atoms with Gasteiger partial charge in [0, 0.05) is 44.5 Å². The summed E-state index contributed by atoms with van der Waals surface area (Å²) >= 11 is 1.79. The molecule has 0 atom stereocenters. The average Bonchev–Trinajstić information content (AvgIpc) is 2.91. The van der Waals surface area contributed by atoms with E-state index in [4.69, 9.17) is 4.74 Å². The van der Waals surface area contributed by atoms with E-state index in [1.54, 1.807) is 11.8 Å². The summed E-state index contributed by atoms with van der Waals surface area (Å²) in [4.78, 5) is 10.5. The lowest BCUT2D eigenvalue weighted by atomic mass is 10.3. The first-order chi connectivity index (χ1) is 10.3. The Hall–Kier alpha value is -1.24. The van der Waals surface area contributed by atoms with Gasteiger partial charge in [-0.05, 0) is 19.1 Å². The van der Waals surface area contributed by atoms with Crippen LogP contribution in [0.25, 0.3) is 11.0 Å². The molecule has 0 spiro atoms. The molecule has 114 valence electrons. The number of thioether (sulfide) groups is 1. The monoisotopic (exact) mass is 306 g/mol. The minimum atomic E-state index is 0.686. The molecule has 1 saturated heterocycles. The van der Waals surface area contributed by atoms with Gasteiger partial charge >= 0.3 is 0 Å². The molecule has 0 amide bonds. The molecule has 1 aromatic heterocycles. The van der Waals surface area contributed by atoms with E-state index in [1.165, 1.54) is 0 Å². The van der Waals surface area contributed by atoms with Crippen LogP contribution in [-0.2, 0) is 0 Å². The second-order valence-corrected chi connectivity index (χ2v) is 6.18. The lowest BCUT2D eigenvalue weighted by Gasteiger charge is -2.26. The molecule has 0 unspecified atom stereocenters. The fourth-order valence-corrected chi connectivity index (χ4v) is 3.38. The predicted octanol–water partition coefficient (Wildman–Crippen LogP) is 1.96. The number of aromatic nitrogens is 2. The van der Waals surface area contributed by atoms with Gasteiger partial charge in [0.25, 0.3) is 0 Å². The molecule has 0 bridgehead atoms. The van der Waals surface area contributed by atoms with E-state index in [0.29, 0.717) is 6.61 Å². The number of nitrogens with zero attached hydrogens (tertiary/aromatic N) is 2. The molecule has 2 aromatic rings. The van der Waals surface area contributed by atoms with Crippen molar-refractivity contribution in [3.8, 4) is 5.75 Å². The molecule has 3 rings (SSSR count). The van der Waals surface area contributed by atoms with E-state index in [1.807, 2.05) is 25.1 Å². The molecular formula is C15H22N4OS. The Morgan fingerprint density at radius 1 is 1.33 bits per heavy atom. The molecule has 21 heavy (non-hydrogen) atoms. The number of hydrogen-bond donors (Lipinski definition) is 2. The topological polar surface area (TPSA) is 53.2 Å². The van der Waals surface area contributed by atoms with Gasteiger partial charge < -0.3 is 15.0 Å². The Kier molecular flexibility index (Phi) is 5.00. The third-order valence-corrected chi connectivity index (χ3v) is 4.45. The Balaban J connectivity index is 1.56. The number of nitrogens with one attached hydrogen (secondary N) is 2. The molecule has 2 N–H and O–H groups in total. The van der Waals surface area contributed by atoms with E-state index in [-0.39, 0.29) is 0 Å². The maximum atomic E-state index is 5.52. The molecule has 2 heterocycles. The van der Waals surface area contributed by atoms with Gasteiger partial charge in [-0.15, -0.1) is 0 Å². The van der Waals surface area contributed by atoms with Gasteiger partial charge in [0.05, 0.1) is 17.6 Å². The molecule has 0 aliphatic carbocycles. The number of ether oxygens (including phenoxy) is 1. The molecule has 1 aliphatic rings. The number of imidazole rings is 1. The summed E-state index contributed by atoms with van der Waals surface area (Å²) in [7, 11) is 0. The first-order valence-electron chi connectivity index (χ1n) is 7.53. The number of piperazine rings is 1. The van der Waals surface area contributed by atoms with Crippen LogP contribution in [-0.4, -0.2) is 60.0 Å². The highest BCUT2D eigenvalue weighted by Gasteiger charge is 2.10. The van der Waals surface area contributed by atoms with Crippen LogP contribution in [0, 0.1) is 0 Å². The van der Waals surface area contributed by atoms with Gasteiger partial charge in [-0.1, -0.05) is 11.8 Å². The fourth-order valence-electron chi connectivity index (χ4n) is 2.50. The number of fused-ring (bicyclic) bond motifs is 1. The zero-order valence-electron chi connectivity index (χ0n) is 12.4. The van der Waals surface area contributed by atoms with Gasteiger partial charge in [-0.2, -0.15) is 0 Å². The minimum Gasteiger partial charge on any atom is -0.494 e. The Morgan fingerprint density at radius 2 is 2.19 bits per heavy atom. The zero-order chi connectivity index (χ0) is 14.5. The third kappa shape index (κ3) is 3.90. The van der Waals surface area contributed by atoms with E-state index in [0.717, 1.165) is 60.4 Å². The molecule has 1 aliphatic heterocycles. The van der Waals surface area contributed by atoms with Crippen LogP contribution in [0.4, 0.5) is 0 Å². The molecule has 0 saturated carbocycles. The standard InChI is InChI=1S/C15H22N4OS/c1-2-20-12-3-4-13-14(11-12)18-15(17-13)21-10-9-19-7-5-16-6-8-19/h3-4,11,16H,2,5-10H2,1H3,(H,17,18). The number of rotatable bonds is 6. The van der Waals surface area contributed by atoms with Crippen LogP contribution >= 0.6 is 11.8 Å². The molecule has 1 aromatic carbocycles. The first kappa shape index (κ1) is 14.7. The van der Waals surface area contributed by atoms with Crippen LogP contribution < -0.4 is 10.1 Å². The molecule has 6 heteroatoms. The Morgan fingerprint density at radius 3 is 3.00 bits per heavy atom. The summed E-state index contributed by atoms with van der Waals surface area (Å²) in [5, 5.41) is 4.37. The summed E-state index contributed by atoms with van der Waals surface area (Å²) < 4.78 is 5.52. The highest BCUT2D eigenvalue weighted by atomic mass is 32.2. The quantitative estimate of drug-likeness (QED) is 0.799. The van der Waals surface area contributed by atoms with Crippen LogP contribution in [0.5, 0.6) is 5.75 Å². The molecule has 5 nitrogen and oxygen atoms in total. The van der Waals surface area contributed by atoms with Crippen LogP contribution in [0.1, 0.15) is 6.92 Å². The van der Waals surface area contributed by atoms with Crippen molar-refractivity contribution in [2.24, 2.45) is 0 Å². The maximum absolute atomic E-state index is 5.52. The number of hydrogen-bond acceptors (Lipinski definition) is 5. The van der Waals surface area contributed by atoms with Crippen molar-refractivity contribution in [2.45, 2.75) is 12.1 Å². The third-order valence-electron chi connectivity index (χ3n) is 3.60. The van der Waals surface area contributed by atoms with E-state index in [2.05, 4.69) is 20.2 Å². The highest BCUT2D eigenvalue weighted by molar-refractivity contribution is 7.99. The molecule has 1 fully saturated rings. The lowest BCUT2D eigenvalue weighted by Crippen LogP contribution is -2.44. The smallest absolute Gasteiger partial charge is 0.166 e. The van der Waals surface area contributed by atoms with Crippen molar-refractivity contribution in [3.63, 3.8) is 0 Å². The highest BCUT2D eigenvalue weighted by Crippen LogP contribution is 2.23. The Bertz CT molecular complexity index is 580. The maximum Gasteiger partial charge on any atom is 0.166 e. The van der Waals surface area contributed by atoms with Crippen molar-refractivity contribution < 1.29 is 4.74 Å². The lowest BCUT2D eigenvalue weighted by molar-refractivity contribution is 0.255. The summed E-state index contributed by atoms with van der Waals surface area (Å²) in [6.07, 6.45) is 0. The molecular weight excluding hydrogens is 284 g/mol. The van der Waals surface area contributed by atoms with Gasteiger partial charge in [0.1, 0.15) is 5.75 Å². The van der Waals surface area contributed by atoms with Crippen molar-refractivity contribution in [1.82, 2.24) is 20.2 Å². The summed E-state index contributed by atoms with van der Waals surface area (Å²) in [5.74, 6) is 1.96. The minimum absolute atomic E-state index is 0.686. The normalized spacial score (nSPS) is 16.4. The average molecular weight is 306 g/mol. The number of benzene rings is 1. The van der Waals surface area contributed by atoms with Gasteiger partial charge in [0.15, 0.2) is 5.16 Å². The van der Waals surface area contributed by atoms with Crippen LogP contribution in [0.3, 0.4) is 0 Å². The summed E-state index contributed by atoms with van der Waals surface area (Å²) in [5.41, 5.74) is 2.05. The zero-order valence-corrected chi connectivity index (χ0v) is 13.2. The van der Waals surface area contributed by atoms with Crippen molar-refractivity contribution in [2.75, 3.05) is 45.1 Å². The molecule has 0 radical (unpaired) electrons. The number of aromatic amines is 1. The van der Waals surface area contributed by atoms with Crippen LogP contribution in [0.15, 0.2) is 23.4 Å². The van der Waals surface area contributed by atoms with E-state index in [9.17, 15) is 0 Å². The van der Waals surface area contributed by atoms with Gasteiger partial charge in [-0.3, -0.25) is 4.90 Å². The van der Waals surface area contributed by atoms with Crippen LogP contribution in [0.2, 0.25) is 0 Å². The van der Waals surface area contributed by atoms with E-state index >= 15 is 0 Å². The fraction of sp³-hybridized carbons (Fsp3) is 0.533. The van der Waals surface area contributed by atoms with E-state index < -0.39 is 0 Å². The predicted molar refractivity (Wildman–Crippen MR) is 87.3 cm³/mol.